The summed E-state index contributed by atoms with van der Waals surface area (Å²) in [6.07, 6.45) is 3.34. The molecule has 1 fully saturated rings. The van der Waals surface area contributed by atoms with Crippen LogP contribution >= 0.6 is 11.6 Å². The monoisotopic (exact) mass is 209 g/mol. The van der Waals surface area contributed by atoms with Crippen molar-refractivity contribution < 1.29 is 0 Å². The molecule has 2 rings (SSSR count). The molecule has 14 heavy (non-hydrogen) atoms. The third kappa shape index (κ3) is 1.67. The molecule has 2 unspecified atom stereocenters. The van der Waals surface area contributed by atoms with Gasteiger partial charge in [-0.25, -0.2) is 0 Å². The fourth-order valence-corrected chi connectivity index (χ4v) is 2.51. The van der Waals surface area contributed by atoms with E-state index in [9.17, 15) is 0 Å². The predicted molar refractivity (Wildman–Crippen MR) is 60.6 cm³/mol. The van der Waals surface area contributed by atoms with Gasteiger partial charge in [-0.15, -0.1) is 0 Å². The van der Waals surface area contributed by atoms with E-state index in [2.05, 4.69) is 13.0 Å². The zero-order valence-corrected chi connectivity index (χ0v) is 9.22. The van der Waals surface area contributed by atoms with Gasteiger partial charge in [0.1, 0.15) is 0 Å². The lowest BCUT2D eigenvalue weighted by Crippen LogP contribution is -2.23. The van der Waals surface area contributed by atoms with Crippen LogP contribution in [0.2, 0.25) is 5.02 Å². The Morgan fingerprint density at radius 3 is 2.86 bits per heavy atom. The molecule has 2 N–H and O–H groups in total. The molecular formula is C12H16ClN. The van der Waals surface area contributed by atoms with Gasteiger partial charge in [0.25, 0.3) is 0 Å². The maximum Gasteiger partial charge on any atom is 0.0441 e. The summed E-state index contributed by atoms with van der Waals surface area (Å²) in [6, 6.07) is 8.04. The molecule has 1 aromatic carbocycles. The molecule has 0 saturated heterocycles. The van der Waals surface area contributed by atoms with Gasteiger partial charge in [-0.3, -0.25) is 0 Å². The third-order valence-corrected chi connectivity index (χ3v) is 3.46. The summed E-state index contributed by atoms with van der Waals surface area (Å²) >= 11 is 6.13. The highest BCUT2D eigenvalue weighted by molar-refractivity contribution is 6.31. The van der Waals surface area contributed by atoms with Gasteiger partial charge in [-0.2, -0.15) is 0 Å². The maximum atomic E-state index is 6.24. The molecule has 0 aromatic heterocycles. The SMILES string of the molecule is CCCC1(N)CC1c1ccccc1Cl. The molecule has 0 aliphatic heterocycles. The summed E-state index contributed by atoms with van der Waals surface area (Å²) < 4.78 is 0. The van der Waals surface area contributed by atoms with Gasteiger partial charge in [0.15, 0.2) is 0 Å². The van der Waals surface area contributed by atoms with Crippen LogP contribution in [0.3, 0.4) is 0 Å². The van der Waals surface area contributed by atoms with Crippen LogP contribution in [-0.2, 0) is 0 Å². The number of nitrogens with two attached hydrogens (primary N) is 1. The molecule has 2 atom stereocenters. The molecule has 0 heterocycles. The molecule has 2 heteroatoms. The van der Waals surface area contributed by atoms with E-state index in [0.29, 0.717) is 5.92 Å². The molecule has 0 bridgehead atoms. The van der Waals surface area contributed by atoms with E-state index in [4.69, 9.17) is 17.3 Å². The number of hydrogen-bond donors (Lipinski definition) is 1. The van der Waals surface area contributed by atoms with Crippen LogP contribution in [0.15, 0.2) is 24.3 Å². The number of hydrogen-bond acceptors (Lipinski definition) is 1. The second-order valence-electron chi connectivity index (χ2n) is 4.26. The third-order valence-electron chi connectivity index (χ3n) is 3.11. The molecule has 1 aliphatic carbocycles. The largest absolute Gasteiger partial charge is 0.325 e. The Hall–Kier alpha value is -0.530. The fourth-order valence-electron chi connectivity index (χ4n) is 2.24. The lowest BCUT2D eigenvalue weighted by Gasteiger charge is -2.10. The van der Waals surface area contributed by atoms with E-state index < -0.39 is 0 Å². The Morgan fingerprint density at radius 1 is 1.50 bits per heavy atom. The van der Waals surface area contributed by atoms with Crippen LogP contribution < -0.4 is 5.73 Å². The molecule has 1 aliphatic rings. The lowest BCUT2D eigenvalue weighted by atomic mass is 10.0. The van der Waals surface area contributed by atoms with Crippen molar-refractivity contribution in [3.8, 4) is 0 Å². The first-order valence-corrected chi connectivity index (χ1v) is 5.58. The minimum absolute atomic E-state index is 0.0275. The van der Waals surface area contributed by atoms with Gasteiger partial charge in [0.2, 0.25) is 0 Å². The van der Waals surface area contributed by atoms with Crippen molar-refractivity contribution >= 4 is 11.6 Å². The molecule has 76 valence electrons. The summed E-state index contributed by atoms with van der Waals surface area (Å²) in [4.78, 5) is 0. The average molecular weight is 210 g/mol. The molecule has 0 radical (unpaired) electrons. The Bertz CT molecular complexity index is 337. The van der Waals surface area contributed by atoms with Crippen LogP contribution in [0.1, 0.15) is 37.7 Å². The van der Waals surface area contributed by atoms with Gasteiger partial charge < -0.3 is 5.73 Å². The smallest absolute Gasteiger partial charge is 0.0441 e. The number of benzene rings is 1. The highest BCUT2D eigenvalue weighted by Crippen LogP contribution is 2.53. The number of halogens is 1. The molecule has 1 saturated carbocycles. The maximum absolute atomic E-state index is 6.24. The highest BCUT2D eigenvalue weighted by Gasteiger charge is 2.51. The zero-order chi connectivity index (χ0) is 10.2. The van der Waals surface area contributed by atoms with Gasteiger partial charge in [0, 0.05) is 16.5 Å². The van der Waals surface area contributed by atoms with Crippen molar-refractivity contribution in [3.05, 3.63) is 34.9 Å². The van der Waals surface area contributed by atoms with Crippen molar-refractivity contribution in [1.82, 2.24) is 0 Å². The molecule has 0 spiro atoms. The summed E-state index contributed by atoms with van der Waals surface area (Å²) in [7, 11) is 0. The first kappa shape index (κ1) is 10.0. The summed E-state index contributed by atoms with van der Waals surface area (Å²) in [6.45, 7) is 2.18. The number of rotatable bonds is 3. The van der Waals surface area contributed by atoms with Gasteiger partial charge in [-0.05, 0) is 24.5 Å². The normalized spacial score (nSPS) is 30.4. The van der Waals surface area contributed by atoms with E-state index in [0.717, 1.165) is 24.3 Å². The zero-order valence-electron chi connectivity index (χ0n) is 8.46. The second-order valence-corrected chi connectivity index (χ2v) is 4.67. The molecule has 0 amide bonds. The minimum Gasteiger partial charge on any atom is -0.325 e. The van der Waals surface area contributed by atoms with Crippen molar-refractivity contribution in [2.24, 2.45) is 5.73 Å². The summed E-state index contributed by atoms with van der Waals surface area (Å²) in [5, 5.41) is 0.862. The van der Waals surface area contributed by atoms with Crippen LogP contribution in [-0.4, -0.2) is 5.54 Å². The summed E-state index contributed by atoms with van der Waals surface area (Å²) in [5.41, 5.74) is 7.50. The Kier molecular flexibility index (Phi) is 2.54. The summed E-state index contributed by atoms with van der Waals surface area (Å²) in [5.74, 6) is 0.483. The van der Waals surface area contributed by atoms with Crippen molar-refractivity contribution in [1.29, 1.82) is 0 Å². The van der Waals surface area contributed by atoms with E-state index in [1.807, 2.05) is 18.2 Å². The Balaban J connectivity index is 2.16. The van der Waals surface area contributed by atoms with Crippen LogP contribution in [0.25, 0.3) is 0 Å². The van der Waals surface area contributed by atoms with E-state index in [1.54, 1.807) is 0 Å². The second kappa shape index (κ2) is 3.56. The highest BCUT2D eigenvalue weighted by atomic mass is 35.5. The lowest BCUT2D eigenvalue weighted by molar-refractivity contribution is 0.579. The Morgan fingerprint density at radius 2 is 2.21 bits per heavy atom. The topological polar surface area (TPSA) is 26.0 Å². The first-order chi connectivity index (χ1) is 6.67. The molecular weight excluding hydrogens is 194 g/mol. The van der Waals surface area contributed by atoms with Crippen molar-refractivity contribution in [3.63, 3.8) is 0 Å². The quantitative estimate of drug-likeness (QED) is 0.812. The minimum atomic E-state index is 0.0275. The molecule has 1 aromatic rings. The van der Waals surface area contributed by atoms with E-state index in [-0.39, 0.29) is 5.54 Å². The van der Waals surface area contributed by atoms with Gasteiger partial charge in [0.05, 0.1) is 0 Å². The predicted octanol–water partition coefficient (Wildman–Crippen LogP) is 3.32. The van der Waals surface area contributed by atoms with Crippen molar-refractivity contribution in [2.75, 3.05) is 0 Å². The van der Waals surface area contributed by atoms with Crippen LogP contribution in [0.4, 0.5) is 0 Å². The van der Waals surface area contributed by atoms with Gasteiger partial charge in [-0.1, -0.05) is 43.1 Å². The van der Waals surface area contributed by atoms with Gasteiger partial charge >= 0.3 is 0 Å². The Labute approximate surface area is 90.3 Å². The average Bonchev–Trinajstić information content (AvgIpc) is 2.79. The van der Waals surface area contributed by atoms with E-state index in [1.165, 1.54) is 5.56 Å². The standard InChI is InChI=1S/C12H16ClN/c1-2-7-12(14)8-10(12)9-5-3-4-6-11(9)13/h3-6,10H,2,7-8,14H2,1H3. The van der Waals surface area contributed by atoms with E-state index >= 15 is 0 Å². The van der Waals surface area contributed by atoms with Crippen LogP contribution in [0.5, 0.6) is 0 Å². The van der Waals surface area contributed by atoms with Crippen molar-refractivity contribution in [2.45, 2.75) is 37.6 Å². The van der Waals surface area contributed by atoms with Crippen LogP contribution in [0, 0.1) is 0 Å². The first-order valence-electron chi connectivity index (χ1n) is 5.20. The fraction of sp³-hybridized carbons (Fsp3) is 0.500. The molecule has 1 nitrogen and oxygen atoms in total.